The third-order valence-corrected chi connectivity index (χ3v) is 3.35. The van der Waals surface area contributed by atoms with E-state index in [1.165, 1.54) is 24.3 Å². The van der Waals surface area contributed by atoms with Gasteiger partial charge in [0.1, 0.15) is 5.71 Å². The molecule has 6 nitrogen and oxygen atoms in total. The number of nitro groups is 1. The SMILES string of the molecule is C/C(=N\Nc1nc(-c2ccc([N+](=O)[O-])cc2)cs1)C(F)(F)F. The summed E-state index contributed by atoms with van der Waals surface area (Å²) in [5, 5.41) is 15.6. The van der Waals surface area contributed by atoms with E-state index in [1.54, 1.807) is 5.38 Å². The molecular weight excluding hydrogens is 321 g/mol. The lowest BCUT2D eigenvalue weighted by molar-refractivity contribution is -0.384. The molecule has 116 valence electrons. The molecule has 0 atom stereocenters. The molecule has 1 N–H and O–H groups in total. The van der Waals surface area contributed by atoms with Gasteiger partial charge in [0, 0.05) is 23.1 Å². The molecule has 1 aromatic heterocycles. The summed E-state index contributed by atoms with van der Waals surface area (Å²) < 4.78 is 36.8. The van der Waals surface area contributed by atoms with Crippen LogP contribution in [0, 0.1) is 10.1 Å². The maximum atomic E-state index is 12.3. The number of non-ortho nitro benzene ring substituents is 1. The second-order valence-corrected chi connectivity index (χ2v) is 5.01. The van der Waals surface area contributed by atoms with E-state index in [9.17, 15) is 23.3 Å². The predicted octanol–water partition coefficient (Wildman–Crippen LogP) is 4.07. The van der Waals surface area contributed by atoms with Gasteiger partial charge in [-0.2, -0.15) is 18.3 Å². The lowest BCUT2D eigenvalue weighted by Gasteiger charge is -2.04. The molecule has 0 radical (unpaired) electrons. The van der Waals surface area contributed by atoms with Gasteiger partial charge in [-0.3, -0.25) is 15.5 Å². The fourth-order valence-corrected chi connectivity index (χ4v) is 2.07. The van der Waals surface area contributed by atoms with E-state index in [1.807, 2.05) is 0 Å². The number of thiazole rings is 1. The number of hydrogen-bond donors (Lipinski definition) is 1. The van der Waals surface area contributed by atoms with E-state index in [2.05, 4.69) is 15.5 Å². The van der Waals surface area contributed by atoms with Crippen LogP contribution in [0.15, 0.2) is 34.7 Å². The minimum atomic E-state index is -4.49. The molecule has 0 bridgehead atoms. The quantitative estimate of drug-likeness (QED) is 0.520. The molecular formula is C12H9F3N4O2S. The first-order valence-electron chi connectivity index (χ1n) is 5.85. The van der Waals surface area contributed by atoms with Crippen molar-refractivity contribution in [1.82, 2.24) is 4.98 Å². The van der Waals surface area contributed by atoms with E-state index >= 15 is 0 Å². The first kappa shape index (κ1) is 15.9. The van der Waals surface area contributed by atoms with E-state index in [0.717, 1.165) is 18.3 Å². The number of aromatic nitrogens is 1. The maximum absolute atomic E-state index is 12.3. The van der Waals surface area contributed by atoms with Crippen molar-refractivity contribution in [2.75, 3.05) is 5.43 Å². The number of rotatable bonds is 4. The van der Waals surface area contributed by atoms with Gasteiger partial charge in [0.2, 0.25) is 5.13 Å². The monoisotopic (exact) mass is 330 g/mol. The van der Waals surface area contributed by atoms with Crippen LogP contribution in [-0.4, -0.2) is 21.8 Å². The highest BCUT2D eigenvalue weighted by atomic mass is 32.1. The van der Waals surface area contributed by atoms with E-state index < -0.39 is 16.8 Å². The molecule has 1 aromatic carbocycles. The first-order chi connectivity index (χ1) is 10.3. The summed E-state index contributed by atoms with van der Waals surface area (Å²) in [5.74, 6) is 0. The summed E-state index contributed by atoms with van der Waals surface area (Å²) in [6.45, 7) is 0.845. The van der Waals surface area contributed by atoms with Gasteiger partial charge in [0.25, 0.3) is 5.69 Å². The number of benzene rings is 1. The highest BCUT2D eigenvalue weighted by Crippen LogP contribution is 2.26. The number of hydrazone groups is 1. The third kappa shape index (κ3) is 3.79. The Hall–Kier alpha value is -2.49. The van der Waals surface area contributed by atoms with Gasteiger partial charge in [-0.25, -0.2) is 4.98 Å². The summed E-state index contributed by atoms with van der Waals surface area (Å²) in [4.78, 5) is 14.1. The van der Waals surface area contributed by atoms with Crippen molar-refractivity contribution in [3.05, 3.63) is 39.8 Å². The van der Waals surface area contributed by atoms with Gasteiger partial charge in [-0.15, -0.1) is 11.3 Å². The number of anilines is 1. The average Bonchev–Trinajstić information content (AvgIpc) is 2.92. The summed E-state index contributed by atoms with van der Waals surface area (Å²) in [7, 11) is 0. The Labute approximate surface area is 126 Å². The zero-order chi connectivity index (χ0) is 16.3. The number of nitrogens with zero attached hydrogens (tertiary/aromatic N) is 3. The Morgan fingerprint density at radius 2 is 2.00 bits per heavy atom. The van der Waals surface area contributed by atoms with Crippen LogP contribution in [0.5, 0.6) is 0 Å². The fourth-order valence-electron chi connectivity index (χ4n) is 1.41. The second kappa shape index (κ2) is 6.10. The standard InChI is InChI=1S/C12H9F3N4O2S/c1-7(12(13,14)15)17-18-11-16-10(6-22-11)8-2-4-9(5-3-8)19(20)21/h2-6H,1H3,(H,16,18)/b17-7+. The Morgan fingerprint density at radius 1 is 1.36 bits per heavy atom. The summed E-state index contributed by atoms with van der Waals surface area (Å²) in [5.41, 5.74) is 2.28. The molecule has 0 amide bonds. The predicted molar refractivity (Wildman–Crippen MR) is 77.0 cm³/mol. The third-order valence-electron chi connectivity index (χ3n) is 2.61. The van der Waals surface area contributed by atoms with E-state index in [-0.39, 0.29) is 10.8 Å². The molecule has 1 heterocycles. The Bertz CT molecular complexity index is 710. The van der Waals surface area contributed by atoms with Crippen LogP contribution in [0.25, 0.3) is 11.3 Å². The van der Waals surface area contributed by atoms with Crippen LogP contribution < -0.4 is 5.43 Å². The molecule has 0 saturated heterocycles. The van der Waals surface area contributed by atoms with Gasteiger partial charge < -0.3 is 0 Å². The lowest BCUT2D eigenvalue weighted by Crippen LogP contribution is -2.20. The largest absolute Gasteiger partial charge is 0.430 e. The molecule has 0 aliphatic rings. The lowest BCUT2D eigenvalue weighted by atomic mass is 10.1. The van der Waals surface area contributed by atoms with Crippen molar-refractivity contribution in [2.24, 2.45) is 5.10 Å². The molecule has 10 heteroatoms. The van der Waals surface area contributed by atoms with Crippen LogP contribution >= 0.6 is 11.3 Å². The molecule has 0 saturated carbocycles. The van der Waals surface area contributed by atoms with Crippen molar-refractivity contribution in [2.45, 2.75) is 13.1 Å². The zero-order valence-electron chi connectivity index (χ0n) is 11.1. The van der Waals surface area contributed by atoms with E-state index in [0.29, 0.717) is 11.3 Å². The Morgan fingerprint density at radius 3 is 2.55 bits per heavy atom. The zero-order valence-corrected chi connectivity index (χ0v) is 11.9. The number of halogens is 3. The molecule has 0 unspecified atom stereocenters. The molecule has 22 heavy (non-hydrogen) atoms. The molecule has 0 aliphatic carbocycles. The second-order valence-electron chi connectivity index (χ2n) is 4.15. The van der Waals surface area contributed by atoms with E-state index in [4.69, 9.17) is 0 Å². The van der Waals surface area contributed by atoms with Crippen molar-refractivity contribution in [3.63, 3.8) is 0 Å². The highest BCUT2D eigenvalue weighted by molar-refractivity contribution is 7.14. The first-order valence-corrected chi connectivity index (χ1v) is 6.73. The molecule has 0 aliphatic heterocycles. The van der Waals surface area contributed by atoms with Gasteiger partial charge in [0.05, 0.1) is 10.6 Å². The normalized spacial score (nSPS) is 12.3. The topological polar surface area (TPSA) is 80.4 Å². The van der Waals surface area contributed by atoms with Crippen LogP contribution in [0.3, 0.4) is 0 Å². The van der Waals surface area contributed by atoms with Crippen molar-refractivity contribution < 1.29 is 18.1 Å². The Balaban J connectivity index is 2.13. The molecule has 2 rings (SSSR count). The minimum absolute atomic E-state index is 0.0530. The van der Waals surface area contributed by atoms with Gasteiger partial charge in [-0.1, -0.05) is 0 Å². The Kier molecular flexibility index (Phi) is 4.40. The van der Waals surface area contributed by atoms with Crippen molar-refractivity contribution in [3.8, 4) is 11.3 Å². The summed E-state index contributed by atoms with van der Waals surface area (Å²) in [6, 6.07) is 5.68. The minimum Gasteiger partial charge on any atom is -0.258 e. The van der Waals surface area contributed by atoms with Crippen molar-refractivity contribution >= 4 is 27.9 Å². The number of alkyl halides is 3. The van der Waals surface area contributed by atoms with Crippen LogP contribution in [0.1, 0.15) is 6.92 Å². The highest BCUT2D eigenvalue weighted by Gasteiger charge is 2.32. The smallest absolute Gasteiger partial charge is 0.258 e. The summed E-state index contributed by atoms with van der Waals surface area (Å²) >= 11 is 1.08. The van der Waals surface area contributed by atoms with Gasteiger partial charge in [0.15, 0.2) is 0 Å². The number of nitro benzene ring substituents is 1. The van der Waals surface area contributed by atoms with Crippen LogP contribution in [0.2, 0.25) is 0 Å². The molecule has 0 spiro atoms. The molecule has 2 aromatic rings. The molecule has 0 fully saturated rings. The van der Waals surface area contributed by atoms with Crippen LogP contribution in [0.4, 0.5) is 24.0 Å². The van der Waals surface area contributed by atoms with Gasteiger partial charge in [-0.05, 0) is 19.1 Å². The van der Waals surface area contributed by atoms with Gasteiger partial charge >= 0.3 is 6.18 Å². The number of hydrogen-bond acceptors (Lipinski definition) is 6. The fraction of sp³-hybridized carbons (Fsp3) is 0.167. The number of nitrogens with one attached hydrogen (secondary N) is 1. The van der Waals surface area contributed by atoms with Crippen molar-refractivity contribution in [1.29, 1.82) is 0 Å². The summed E-state index contributed by atoms with van der Waals surface area (Å²) in [6.07, 6.45) is -4.49. The van der Waals surface area contributed by atoms with Crippen LogP contribution in [-0.2, 0) is 0 Å². The maximum Gasteiger partial charge on any atom is 0.430 e. The average molecular weight is 330 g/mol.